The van der Waals surface area contributed by atoms with Gasteiger partial charge in [0.25, 0.3) is 0 Å². The second-order valence-corrected chi connectivity index (χ2v) is 4.62. The van der Waals surface area contributed by atoms with Crippen molar-refractivity contribution >= 4 is 5.69 Å². The molecule has 1 fully saturated rings. The van der Waals surface area contributed by atoms with Crippen molar-refractivity contribution in [3.8, 4) is 0 Å². The molecule has 2 heteroatoms. The van der Waals surface area contributed by atoms with E-state index in [1.54, 1.807) is 0 Å². The molecular formula is C14H22N2. The summed E-state index contributed by atoms with van der Waals surface area (Å²) >= 11 is 0. The van der Waals surface area contributed by atoms with E-state index in [0.29, 0.717) is 0 Å². The molecule has 2 nitrogen and oxygen atoms in total. The Morgan fingerprint density at radius 2 is 1.69 bits per heavy atom. The first-order chi connectivity index (χ1) is 7.81. The highest BCUT2D eigenvalue weighted by atomic mass is 15.3. The summed E-state index contributed by atoms with van der Waals surface area (Å²) in [5.41, 5.74) is 1.37. The Bertz CT molecular complexity index is 302. The average Bonchev–Trinajstić information content (AvgIpc) is 2.39. The van der Waals surface area contributed by atoms with Crippen LogP contribution in [-0.4, -0.2) is 37.1 Å². The van der Waals surface area contributed by atoms with Crippen LogP contribution in [-0.2, 0) is 0 Å². The van der Waals surface area contributed by atoms with Crippen LogP contribution in [0.5, 0.6) is 0 Å². The Morgan fingerprint density at radius 1 is 1.06 bits per heavy atom. The minimum Gasteiger partial charge on any atom is -0.369 e. The van der Waals surface area contributed by atoms with Gasteiger partial charge < -0.3 is 4.90 Å². The second kappa shape index (κ2) is 5.35. The van der Waals surface area contributed by atoms with E-state index >= 15 is 0 Å². The van der Waals surface area contributed by atoms with Crippen LogP contribution < -0.4 is 4.90 Å². The van der Waals surface area contributed by atoms with Gasteiger partial charge in [-0.3, -0.25) is 4.90 Å². The van der Waals surface area contributed by atoms with E-state index in [2.05, 4.69) is 54.0 Å². The molecule has 0 amide bonds. The van der Waals surface area contributed by atoms with Crippen molar-refractivity contribution in [3.63, 3.8) is 0 Å². The van der Waals surface area contributed by atoms with E-state index < -0.39 is 0 Å². The van der Waals surface area contributed by atoms with E-state index in [0.717, 1.165) is 19.1 Å². The zero-order valence-corrected chi connectivity index (χ0v) is 10.4. The molecule has 0 radical (unpaired) electrons. The van der Waals surface area contributed by atoms with Gasteiger partial charge in [0.1, 0.15) is 0 Å². The van der Waals surface area contributed by atoms with Gasteiger partial charge in [0.2, 0.25) is 0 Å². The zero-order chi connectivity index (χ0) is 11.4. The van der Waals surface area contributed by atoms with E-state index in [4.69, 9.17) is 0 Å². The van der Waals surface area contributed by atoms with Gasteiger partial charge >= 0.3 is 0 Å². The molecule has 1 heterocycles. The molecule has 2 rings (SSSR count). The maximum Gasteiger partial charge on any atom is 0.0367 e. The number of rotatable bonds is 3. The average molecular weight is 218 g/mol. The lowest BCUT2D eigenvalue weighted by atomic mass is 10.2. The number of para-hydroxylation sites is 1. The number of hydrogen-bond acceptors (Lipinski definition) is 2. The van der Waals surface area contributed by atoms with Crippen LogP contribution in [0.15, 0.2) is 30.3 Å². The van der Waals surface area contributed by atoms with Crippen LogP contribution in [0.3, 0.4) is 0 Å². The summed E-state index contributed by atoms with van der Waals surface area (Å²) in [5.74, 6) is 0. The summed E-state index contributed by atoms with van der Waals surface area (Å²) in [7, 11) is 0. The molecule has 0 aromatic heterocycles. The molecule has 1 aliphatic rings. The Balaban J connectivity index is 1.91. The molecule has 0 bridgehead atoms. The highest BCUT2D eigenvalue weighted by Crippen LogP contribution is 2.16. The van der Waals surface area contributed by atoms with Crippen LogP contribution in [0.25, 0.3) is 0 Å². The lowest BCUT2D eigenvalue weighted by Gasteiger charge is -2.38. The summed E-state index contributed by atoms with van der Waals surface area (Å²) in [4.78, 5) is 5.08. The van der Waals surface area contributed by atoms with Crippen LogP contribution in [0, 0.1) is 0 Å². The zero-order valence-electron chi connectivity index (χ0n) is 10.4. The highest BCUT2D eigenvalue weighted by Gasteiger charge is 2.19. The minimum absolute atomic E-state index is 0.734. The Kier molecular flexibility index (Phi) is 3.83. The first-order valence-electron chi connectivity index (χ1n) is 6.35. The fourth-order valence-corrected chi connectivity index (χ4v) is 2.32. The molecule has 1 aromatic rings. The van der Waals surface area contributed by atoms with E-state index in [9.17, 15) is 0 Å². The van der Waals surface area contributed by atoms with Crippen LogP contribution in [0.2, 0.25) is 0 Å². The largest absolute Gasteiger partial charge is 0.369 e. The summed E-state index contributed by atoms with van der Waals surface area (Å²) in [5, 5.41) is 0. The predicted molar refractivity (Wildman–Crippen MR) is 70.0 cm³/mol. The maximum atomic E-state index is 2.60. The summed E-state index contributed by atoms with van der Waals surface area (Å²) in [6.45, 7) is 9.32. The molecule has 0 spiro atoms. The Hall–Kier alpha value is -1.02. The van der Waals surface area contributed by atoms with Crippen LogP contribution >= 0.6 is 0 Å². The SMILES string of the molecule is CCC(C)N1CCN(c2ccccc2)CC1. The standard InChI is InChI=1S/C14H22N2/c1-3-13(2)15-9-11-16(12-10-15)14-7-5-4-6-8-14/h4-8,13H,3,9-12H2,1-2H3. The first-order valence-corrected chi connectivity index (χ1v) is 6.35. The third-order valence-corrected chi connectivity index (χ3v) is 3.65. The molecular weight excluding hydrogens is 196 g/mol. The topological polar surface area (TPSA) is 6.48 Å². The molecule has 1 unspecified atom stereocenters. The van der Waals surface area contributed by atoms with Gasteiger partial charge in [0.15, 0.2) is 0 Å². The van der Waals surface area contributed by atoms with Gasteiger partial charge in [-0.25, -0.2) is 0 Å². The molecule has 0 saturated carbocycles. The van der Waals surface area contributed by atoms with E-state index in [1.807, 2.05) is 0 Å². The van der Waals surface area contributed by atoms with Gasteiger partial charge in [-0.15, -0.1) is 0 Å². The van der Waals surface area contributed by atoms with Crippen molar-refractivity contribution < 1.29 is 0 Å². The smallest absolute Gasteiger partial charge is 0.0367 e. The summed E-state index contributed by atoms with van der Waals surface area (Å²) < 4.78 is 0. The van der Waals surface area contributed by atoms with E-state index in [-0.39, 0.29) is 0 Å². The number of nitrogens with zero attached hydrogens (tertiary/aromatic N) is 2. The van der Waals surface area contributed by atoms with Crippen molar-refractivity contribution in [1.29, 1.82) is 0 Å². The first kappa shape index (κ1) is 11.5. The number of anilines is 1. The van der Waals surface area contributed by atoms with Crippen molar-refractivity contribution in [2.75, 3.05) is 31.1 Å². The number of piperazine rings is 1. The van der Waals surface area contributed by atoms with Crippen molar-refractivity contribution in [3.05, 3.63) is 30.3 Å². The van der Waals surface area contributed by atoms with Crippen molar-refractivity contribution in [1.82, 2.24) is 4.90 Å². The van der Waals surface area contributed by atoms with Gasteiger partial charge in [0.05, 0.1) is 0 Å². The molecule has 1 atom stereocenters. The fraction of sp³-hybridized carbons (Fsp3) is 0.571. The van der Waals surface area contributed by atoms with Crippen LogP contribution in [0.4, 0.5) is 5.69 Å². The Morgan fingerprint density at radius 3 is 2.25 bits per heavy atom. The fourth-order valence-electron chi connectivity index (χ4n) is 2.32. The highest BCUT2D eigenvalue weighted by molar-refractivity contribution is 5.46. The molecule has 1 aromatic carbocycles. The van der Waals surface area contributed by atoms with Crippen molar-refractivity contribution in [2.24, 2.45) is 0 Å². The number of hydrogen-bond donors (Lipinski definition) is 0. The lowest BCUT2D eigenvalue weighted by molar-refractivity contribution is 0.193. The summed E-state index contributed by atoms with van der Waals surface area (Å²) in [6, 6.07) is 11.5. The lowest BCUT2D eigenvalue weighted by Crippen LogP contribution is -2.49. The van der Waals surface area contributed by atoms with Gasteiger partial charge in [-0.05, 0) is 25.5 Å². The van der Waals surface area contributed by atoms with Crippen LogP contribution in [0.1, 0.15) is 20.3 Å². The van der Waals surface area contributed by atoms with Gasteiger partial charge in [0, 0.05) is 37.9 Å². The second-order valence-electron chi connectivity index (χ2n) is 4.62. The maximum absolute atomic E-state index is 2.60. The van der Waals surface area contributed by atoms with E-state index in [1.165, 1.54) is 25.2 Å². The third-order valence-electron chi connectivity index (χ3n) is 3.65. The van der Waals surface area contributed by atoms with Gasteiger partial charge in [-0.1, -0.05) is 25.1 Å². The minimum atomic E-state index is 0.734. The molecule has 16 heavy (non-hydrogen) atoms. The molecule has 88 valence electrons. The Labute approximate surface area is 98.9 Å². The quantitative estimate of drug-likeness (QED) is 0.769. The molecule has 1 saturated heterocycles. The van der Waals surface area contributed by atoms with Crippen molar-refractivity contribution in [2.45, 2.75) is 26.3 Å². The molecule has 1 aliphatic heterocycles. The predicted octanol–water partition coefficient (Wildman–Crippen LogP) is 2.61. The number of benzene rings is 1. The molecule has 0 N–H and O–H groups in total. The summed E-state index contributed by atoms with van der Waals surface area (Å²) in [6.07, 6.45) is 1.26. The monoisotopic (exact) mass is 218 g/mol. The third kappa shape index (κ3) is 2.56. The van der Waals surface area contributed by atoms with Gasteiger partial charge in [-0.2, -0.15) is 0 Å². The normalized spacial score (nSPS) is 19.8. The molecule has 0 aliphatic carbocycles.